The number of hydrogen-bond acceptors (Lipinski definition) is 2. The van der Waals surface area contributed by atoms with Crippen molar-refractivity contribution in [2.75, 3.05) is 0 Å². The van der Waals surface area contributed by atoms with Crippen LogP contribution in [0.25, 0.3) is 0 Å². The van der Waals surface area contributed by atoms with Crippen molar-refractivity contribution in [1.29, 1.82) is 0 Å². The van der Waals surface area contributed by atoms with Crippen LogP contribution >= 0.6 is 0 Å². The summed E-state index contributed by atoms with van der Waals surface area (Å²) in [5, 5.41) is 8.81. The van der Waals surface area contributed by atoms with E-state index in [2.05, 4.69) is 4.98 Å². The summed E-state index contributed by atoms with van der Waals surface area (Å²) in [5.41, 5.74) is 0.265. The zero-order chi connectivity index (χ0) is 11.5. The van der Waals surface area contributed by atoms with Gasteiger partial charge in [0.1, 0.15) is 11.5 Å². The second kappa shape index (κ2) is 4.60. The molecule has 1 fully saturated rings. The first-order valence-corrected chi connectivity index (χ1v) is 5.58. The van der Waals surface area contributed by atoms with E-state index in [1.807, 2.05) is 0 Å². The van der Waals surface area contributed by atoms with Gasteiger partial charge in [-0.2, -0.15) is 0 Å². The number of nitrogens with zero attached hydrogens (tertiary/aromatic N) is 1. The van der Waals surface area contributed by atoms with Crippen LogP contribution in [-0.4, -0.2) is 16.1 Å². The molecule has 1 heterocycles. The normalized spacial score (nSPS) is 17.3. The monoisotopic (exact) mass is 223 g/mol. The SMILES string of the molecule is O=C(O)c1ccc(F)c(C2CCCCC2)n1. The maximum absolute atomic E-state index is 13.6. The molecule has 16 heavy (non-hydrogen) atoms. The molecule has 86 valence electrons. The van der Waals surface area contributed by atoms with E-state index in [0.717, 1.165) is 25.7 Å². The lowest BCUT2D eigenvalue weighted by atomic mass is 9.86. The third-order valence-electron chi connectivity index (χ3n) is 3.08. The number of aromatic nitrogens is 1. The molecular weight excluding hydrogens is 209 g/mol. The Balaban J connectivity index is 2.30. The topological polar surface area (TPSA) is 50.2 Å². The van der Waals surface area contributed by atoms with Gasteiger partial charge in [-0.05, 0) is 25.0 Å². The minimum Gasteiger partial charge on any atom is -0.477 e. The molecule has 0 bridgehead atoms. The second-order valence-electron chi connectivity index (χ2n) is 4.20. The van der Waals surface area contributed by atoms with Crippen molar-refractivity contribution in [3.05, 3.63) is 29.3 Å². The summed E-state index contributed by atoms with van der Waals surface area (Å²) in [6.07, 6.45) is 5.14. The van der Waals surface area contributed by atoms with Gasteiger partial charge >= 0.3 is 5.97 Å². The van der Waals surface area contributed by atoms with Crippen LogP contribution in [0.15, 0.2) is 12.1 Å². The van der Waals surface area contributed by atoms with Crippen LogP contribution in [0.4, 0.5) is 4.39 Å². The highest BCUT2D eigenvalue weighted by Gasteiger charge is 2.21. The number of rotatable bonds is 2. The van der Waals surface area contributed by atoms with Gasteiger partial charge in [0.2, 0.25) is 0 Å². The van der Waals surface area contributed by atoms with Crippen LogP contribution in [0, 0.1) is 5.82 Å². The fourth-order valence-electron chi connectivity index (χ4n) is 2.24. The highest BCUT2D eigenvalue weighted by molar-refractivity contribution is 5.85. The molecule has 0 unspecified atom stereocenters. The van der Waals surface area contributed by atoms with Crippen LogP contribution in [0.3, 0.4) is 0 Å². The summed E-state index contributed by atoms with van der Waals surface area (Å²) < 4.78 is 13.6. The van der Waals surface area contributed by atoms with E-state index in [-0.39, 0.29) is 17.4 Å². The van der Waals surface area contributed by atoms with Crippen LogP contribution < -0.4 is 0 Å². The molecule has 1 aromatic heterocycles. The van der Waals surface area contributed by atoms with Gasteiger partial charge in [-0.25, -0.2) is 14.2 Å². The summed E-state index contributed by atoms with van der Waals surface area (Å²) in [7, 11) is 0. The fraction of sp³-hybridized carbons (Fsp3) is 0.500. The molecule has 0 amide bonds. The summed E-state index contributed by atoms with van der Waals surface area (Å²) in [4.78, 5) is 14.7. The van der Waals surface area contributed by atoms with Gasteiger partial charge in [-0.1, -0.05) is 19.3 Å². The number of hydrogen-bond donors (Lipinski definition) is 1. The number of halogens is 1. The van der Waals surface area contributed by atoms with E-state index in [0.29, 0.717) is 5.69 Å². The van der Waals surface area contributed by atoms with Crippen molar-refractivity contribution in [2.45, 2.75) is 38.0 Å². The van der Waals surface area contributed by atoms with Crippen molar-refractivity contribution in [3.8, 4) is 0 Å². The summed E-state index contributed by atoms with van der Waals surface area (Å²) in [6, 6.07) is 2.42. The Kier molecular flexibility index (Phi) is 3.17. The lowest BCUT2D eigenvalue weighted by Gasteiger charge is -2.21. The van der Waals surface area contributed by atoms with Crippen molar-refractivity contribution in [3.63, 3.8) is 0 Å². The van der Waals surface area contributed by atoms with E-state index < -0.39 is 5.97 Å². The molecule has 0 aliphatic heterocycles. The molecule has 0 radical (unpaired) electrons. The molecular formula is C12H14FNO2. The first-order chi connectivity index (χ1) is 7.68. The van der Waals surface area contributed by atoms with Gasteiger partial charge in [0.15, 0.2) is 0 Å². The number of pyridine rings is 1. The predicted molar refractivity (Wildman–Crippen MR) is 57.0 cm³/mol. The Morgan fingerprint density at radius 3 is 2.62 bits per heavy atom. The molecule has 4 heteroatoms. The van der Waals surface area contributed by atoms with E-state index >= 15 is 0 Å². The number of carboxylic acids is 1. The molecule has 1 aliphatic rings. The second-order valence-corrected chi connectivity index (χ2v) is 4.20. The fourth-order valence-corrected chi connectivity index (χ4v) is 2.24. The van der Waals surface area contributed by atoms with Gasteiger partial charge in [-0.15, -0.1) is 0 Å². The van der Waals surface area contributed by atoms with Crippen LogP contribution in [0.1, 0.15) is 54.2 Å². The van der Waals surface area contributed by atoms with Crippen LogP contribution in [0.2, 0.25) is 0 Å². The molecule has 1 saturated carbocycles. The van der Waals surface area contributed by atoms with Gasteiger partial charge in [0, 0.05) is 5.92 Å². The number of carbonyl (C=O) groups is 1. The Bertz CT molecular complexity index is 400. The summed E-state index contributed by atoms with van der Waals surface area (Å²) in [6.45, 7) is 0. The lowest BCUT2D eigenvalue weighted by Crippen LogP contribution is -2.12. The standard InChI is InChI=1S/C12H14FNO2/c13-9-6-7-10(12(15)16)14-11(9)8-4-2-1-3-5-8/h6-8H,1-5H2,(H,15,16). The molecule has 0 aromatic carbocycles. The zero-order valence-corrected chi connectivity index (χ0v) is 8.95. The number of aromatic carboxylic acids is 1. The quantitative estimate of drug-likeness (QED) is 0.838. The number of carboxylic acid groups (broad SMARTS) is 1. The average Bonchev–Trinajstić information content (AvgIpc) is 2.30. The van der Waals surface area contributed by atoms with Gasteiger partial charge in [0.25, 0.3) is 0 Å². The maximum Gasteiger partial charge on any atom is 0.354 e. The first kappa shape index (κ1) is 11.0. The van der Waals surface area contributed by atoms with E-state index in [9.17, 15) is 9.18 Å². The van der Waals surface area contributed by atoms with Crippen molar-refractivity contribution in [2.24, 2.45) is 0 Å². The van der Waals surface area contributed by atoms with Gasteiger partial charge in [-0.3, -0.25) is 0 Å². The van der Waals surface area contributed by atoms with E-state index in [4.69, 9.17) is 5.11 Å². The lowest BCUT2D eigenvalue weighted by molar-refractivity contribution is 0.0690. The van der Waals surface area contributed by atoms with Crippen molar-refractivity contribution < 1.29 is 14.3 Å². The first-order valence-electron chi connectivity index (χ1n) is 5.58. The Labute approximate surface area is 93.3 Å². The molecule has 0 spiro atoms. The maximum atomic E-state index is 13.6. The third-order valence-corrected chi connectivity index (χ3v) is 3.08. The Hall–Kier alpha value is -1.45. The zero-order valence-electron chi connectivity index (χ0n) is 8.95. The minimum atomic E-state index is -1.10. The van der Waals surface area contributed by atoms with E-state index in [1.165, 1.54) is 18.6 Å². The Morgan fingerprint density at radius 2 is 2.00 bits per heavy atom. The summed E-state index contributed by atoms with van der Waals surface area (Å²) >= 11 is 0. The Morgan fingerprint density at radius 1 is 1.31 bits per heavy atom. The van der Waals surface area contributed by atoms with Crippen LogP contribution in [-0.2, 0) is 0 Å². The minimum absolute atomic E-state index is 0.0676. The summed E-state index contributed by atoms with van der Waals surface area (Å²) in [5.74, 6) is -1.39. The smallest absolute Gasteiger partial charge is 0.354 e. The molecule has 1 aromatic rings. The predicted octanol–water partition coefficient (Wildman–Crippen LogP) is 2.97. The molecule has 1 aliphatic carbocycles. The molecule has 2 rings (SSSR count). The van der Waals surface area contributed by atoms with Gasteiger partial charge < -0.3 is 5.11 Å². The molecule has 0 saturated heterocycles. The van der Waals surface area contributed by atoms with E-state index in [1.54, 1.807) is 0 Å². The largest absolute Gasteiger partial charge is 0.477 e. The van der Waals surface area contributed by atoms with Gasteiger partial charge in [0.05, 0.1) is 5.69 Å². The van der Waals surface area contributed by atoms with Crippen molar-refractivity contribution in [1.82, 2.24) is 4.98 Å². The molecule has 3 nitrogen and oxygen atoms in total. The highest BCUT2D eigenvalue weighted by atomic mass is 19.1. The average molecular weight is 223 g/mol. The van der Waals surface area contributed by atoms with Crippen molar-refractivity contribution >= 4 is 5.97 Å². The molecule has 1 N–H and O–H groups in total. The highest BCUT2D eigenvalue weighted by Crippen LogP contribution is 2.32. The van der Waals surface area contributed by atoms with Crippen LogP contribution in [0.5, 0.6) is 0 Å². The third kappa shape index (κ3) is 2.21. The molecule has 0 atom stereocenters.